The lowest BCUT2D eigenvalue weighted by Gasteiger charge is -2.23. The summed E-state index contributed by atoms with van der Waals surface area (Å²) >= 11 is 5.86. The van der Waals surface area contributed by atoms with Crippen molar-refractivity contribution in [2.45, 2.75) is 25.7 Å². The number of nitrogens with zero attached hydrogens (tertiary/aromatic N) is 3. The Morgan fingerprint density at radius 3 is 2.75 bits per heavy atom. The van der Waals surface area contributed by atoms with E-state index in [4.69, 9.17) is 21.9 Å². The summed E-state index contributed by atoms with van der Waals surface area (Å²) < 4.78 is 5.24. The molecule has 1 aliphatic rings. The van der Waals surface area contributed by atoms with E-state index in [2.05, 4.69) is 20.4 Å². The summed E-state index contributed by atoms with van der Waals surface area (Å²) in [6.45, 7) is 1.43. The van der Waals surface area contributed by atoms with E-state index in [-0.39, 0.29) is 24.0 Å². The second-order valence-corrected chi connectivity index (χ2v) is 6.15. The molecule has 1 saturated carbocycles. The van der Waals surface area contributed by atoms with Crippen molar-refractivity contribution in [2.75, 3.05) is 13.1 Å². The van der Waals surface area contributed by atoms with Crippen LogP contribution in [0.1, 0.15) is 25.2 Å². The number of nitrogens with one attached hydrogen (secondary N) is 1. The van der Waals surface area contributed by atoms with Gasteiger partial charge < -0.3 is 15.6 Å². The predicted molar refractivity (Wildman–Crippen MR) is 106 cm³/mol. The van der Waals surface area contributed by atoms with Crippen LogP contribution in [-0.4, -0.2) is 29.2 Å². The molecule has 1 fully saturated rings. The van der Waals surface area contributed by atoms with Crippen LogP contribution in [0.2, 0.25) is 5.02 Å². The molecule has 3 rings (SSSR count). The maximum atomic E-state index is 5.86. The number of guanidine groups is 1. The van der Waals surface area contributed by atoms with Crippen LogP contribution in [0.5, 0.6) is 0 Å². The van der Waals surface area contributed by atoms with Crippen LogP contribution in [0.15, 0.2) is 33.8 Å². The first kappa shape index (κ1) is 19.0. The minimum Gasteiger partial charge on any atom is -0.370 e. The van der Waals surface area contributed by atoms with Gasteiger partial charge in [0, 0.05) is 30.1 Å². The van der Waals surface area contributed by atoms with Crippen molar-refractivity contribution in [3.63, 3.8) is 0 Å². The molecule has 6 nitrogen and oxygen atoms in total. The molecule has 3 N–H and O–H groups in total. The van der Waals surface area contributed by atoms with Crippen molar-refractivity contribution < 1.29 is 4.52 Å². The van der Waals surface area contributed by atoms with E-state index < -0.39 is 0 Å². The minimum atomic E-state index is 0. The maximum absolute atomic E-state index is 5.86. The number of hydrogen-bond acceptors (Lipinski definition) is 4. The molecule has 0 atom stereocenters. The zero-order valence-corrected chi connectivity index (χ0v) is 16.3. The highest BCUT2D eigenvalue weighted by molar-refractivity contribution is 14.0. The van der Waals surface area contributed by atoms with E-state index in [9.17, 15) is 0 Å². The van der Waals surface area contributed by atoms with Crippen molar-refractivity contribution >= 4 is 41.5 Å². The molecule has 0 radical (unpaired) electrons. The molecule has 0 bridgehead atoms. The number of aliphatic imine (C=N–C) groups is 1. The summed E-state index contributed by atoms with van der Waals surface area (Å²) in [7, 11) is 0. The van der Waals surface area contributed by atoms with Crippen molar-refractivity contribution in [3.8, 4) is 11.4 Å². The fourth-order valence-electron chi connectivity index (χ4n) is 2.33. The highest BCUT2D eigenvalue weighted by Crippen LogP contribution is 2.26. The average Bonchev–Trinajstić information content (AvgIpc) is 2.95. The van der Waals surface area contributed by atoms with Crippen LogP contribution in [-0.2, 0) is 6.42 Å². The summed E-state index contributed by atoms with van der Waals surface area (Å²) in [4.78, 5) is 8.70. The second-order valence-electron chi connectivity index (χ2n) is 5.72. The zero-order chi connectivity index (χ0) is 16.1. The van der Waals surface area contributed by atoms with Gasteiger partial charge in [-0.05, 0) is 43.0 Å². The monoisotopic (exact) mass is 461 g/mol. The van der Waals surface area contributed by atoms with Gasteiger partial charge in [-0.2, -0.15) is 4.98 Å². The first-order chi connectivity index (χ1) is 11.2. The van der Waals surface area contributed by atoms with Crippen molar-refractivity contribution in [1.82, 2.24) is 15.5 Å². The highest BCUT2D eigenvalue weighted by atomic mass is 127. The zero-order valence-electron chi connectivity index (χ0n) is 13.2. The van der Waals surface area contributed by atoms with Crippen LogP contribution >= 0.6 is 35.6 Å². The lowest BCUT2D eigenvalue weighted by molar-refractivity contribution is 0.326. The summed E-state index contributed by atoms with van der Waals surface area (Å²) in [5.41, 5.74) is 6.71. The molecule has 0 aliphatic heterocycles. The lowest BCUT2D eigenvalue weighted by Crippen LogP contribution is -2.34. The van der Waals surface area contributed by atoms with Gasteiger partial charge in [-0.15, -0.1) is 24.0 Å². The van der Waals surface area contributed by atoms with Gasteiger partial charge >= 0.3 is 0 Å². The summed E-state index contributed by atoms with van der Waals surface area (Å²) in [5, 5.41) is 7.73. The maximum Gasteiger partial charge on any atom is 0.228 e. The first-order valence-corrected chi connectivity index (χ1v) is 8.21. The Hall–Kier alpha value is -1.35. The Morgan fingerprint density at radius 1 is 1.33 bits per heavy atom. The van der Waals surface area contributed by atoms with Gasteiger partial charge in [0.1, 0.15) is 0 Å². The lowest BCUT2D eigenvalue weighted by atomic mass is 9.86. The molecule has 0 spiro atoms. The van der Waals surface area contributed by atoms with E-state index in [1.165, 1.54) is 19.3 Å². The molecule has 0 unspecified atom stereocenters. The molecule has 1 heterocycles. The molecule has 0 saturated heterocycles. The Morgan fingerprint density at radius 2 is 2.08 bits per heavy atom. The fourth-order valence-corrected chi connectivity index (χ4v) is 2.45. The first-order valence-electron chi connectivity index (χ1n) is 7.83. The molecular formula is C16H21ClIN5O. The van der Waals surface area contributed by atoms with Crippen LogP contribution in [0.25, 0.3) is 11.4 Å². The number of halogens is 2. The Bertz CT molecular complexity index is 669. The third kappa shape index (κ3) is 5.34. The smallest absolute Gasteiger partial charge is 0.228 e. The van der Waals surface area contributed by atoms with E-state index in [1.807, 2.05) is 12.1 Å². The number of rotatable bonds is 6. The number of benzene rings is 1. The highest BCUT2D eigenvalue weighted by Gasteiger charge is 2.16. The van der Waals surface area contributed by atoms with Gasteiger partial charge in [-0.3, -0.25) is 4.99 Å². The molecular weight excluding hydrogens is 441 g/mol. The molecule has 2 aromatic rings. The van der Waals surface area contributed by atoms with Gasteiger partial charge in [0.05, 0.1) is 0 Å². The minimum absolute atomic E-state index is 0. The topological polar surface area (TPSA) is 89.3 Å². The molecule has 130 valence electrons. The molecule has 1 aromatic carbocycles. The van der Waals surface area contributed by atoms with E-state index >= 15 is 0 Å². The summed E-state index contributed by atoms with van der Waals surface area (Å²) in [6, 6.07) is 7.32. The van der Waals surface area contributed by atoms with Crippen LogP contribution in [0, 0.1) is 5.92 Å². The Balaban J connectivity index is 0.00000208. The third-order valence-electron chi connectivity index (χ3n) is 3.96. The normalized spacial score (nSPS) is 14.8. The van der Waals surface area contributed by atoms with Crippen LogP contribution in [0.3, 0.4) is 0 Å². The SMILES string of the molecule is I.NC(=NCC1CCC1)NCCc1nc(-c2ccc(Cl)cc2)no1. The number of nitrogens with two attached hydrogens (primary N) is 1. The molecule has 8 heteroatoms. The third-order valence-corrected chi connectivity index (χ3v) is 4.21. The van der Waals surface area contributed by atoms with Gasteiger partial charge in [0.25, 0.3) is 0 Å². The molecule has 1 aromatic heterocycles. The summed E-state index contributed by atoms with van der Waals surface area (Å²) in [6.07, 6.45) is 4.46. The second kappa shape index (κ2) is 9.22. The number of hydrogen-bond donors (Lipinski definition) is 2. The predicted octanol–water partition coefficient (Wildman–Crippen LogP) is 3.25. The van der Waals surface area contributed by atoms with Crippen molar-refractivity contribution in [3.05, 3.63) is 35.2 Å². The van der Waals surface area contributed by atoms with Crippen molar-refractivity contribution in [1.29, 1.82) is 0 Å². The van der Waals surface area contributed by atoms with Crippen LogP contribution < -0.4 is 11.1 Å². The Labute approximate surface area is 163 Å². The Kier molecular flexibility index (Phi) is 7.29. The fraction of sp³-hybridized carbons (Fsp3) is 0.438. The van der Waals surface area contributed by atoms with Gasteiger partial charge in [-0.1, -0.05) is 23.2 Å². The number of aromatic nitrogens is 2. The largest absolute Gasteiger partial charge is 0.370 e. The standard InChI is InChI=1S/C16H20ClN5O.HI/c17-13-6-4-12(5-7-13)15-21-14(23-22-15)8-9-19-16(18)20-10-11-2-1-3-11;/h4-7,11H,1-3,8-10H2,(H3,18,19,20);1H. The van der Waals surface area contributed by atoms with Crippen LogP contribution in [0.4, 0.5) is 0 Å². The quantitative estimate of drug-likeness (QED) is 0.392. The molecule has 1 aliphatic carbocycles. The van der Waals surface area contributed by atoms with Gasteiger partial charge in [-0.25, -0.2) is 0 Å². The summed E-state index contributed by atoms with van der Waals surface area (Å²) in [5.74, 6) is 2.32. The van der Waals surface area contributed by atoms with Gasteiger partial charge in [0.2, 0.25) is 11.7 Å². The van der Waals surface area contributed by atoms with Gasteiger partial charge in [0.15, 0.2) is 5.96 Å². The van der Waals surface area contributed by atoms with E-state index in [0.29, 0.717) is 41.6 Å². The average molecular weight is 462 g/mol. The molecule has 24 heavy (non-hydrogen) atoms. The van der Waals surface area contributed by atoms with E-state index in [1.54, 1.807) is 12.1 Å². The molecule has 0 amide bonds. The van der Waals surface area contributed by atoms with Crippen molar-refractivity contribution in [2.24, 2.45) is 16.6 Å². The van der Waals surface area contributed by atoms with E-state index in [0.717, 1.165) is 12.1 Å².